The smallest absolute Gasteiger partial charge is 0.336 e. The fourth-order valence-corrected chi connectivity index (χ4v) is 4.51. The van der Waals surface area contributed by atoms with Crippen LogP contribution in [0.5, 0.6) is 0 Å². The Bertz CT molecular complexity index is 1050. The van der Waals surface area contributed by atoms with Crippen LogP contribution < -0.4 is 40.2 Å². The molecule has 2 aromatic carbocycles. The van der Waals surface area contributed by atoms with E-state index >= 15 is 0 Å². The van der Waals surface area contributed by atoms with Crippen molar-refractivity contribution in [2.45, 2.75) is 26.9 Å². The van der Waals surface area contributed by atoms with Crippen LogP contribution in [0.4, 0.5) is 0 Å². The molecular formula is C23H27Cl3N2O2. The van der Waals surface area contributed by atoms with E-state index in [0.29, 0.717) is 5.58 Å². The molecule has 3 aromatic rings. The molecular weight excluding hydrogens is 443 g/mol. The number of rotatable bonds is 4. The lowest BCUT2D eigenvalue weighted by molar-refractivity contribution is -1.02. The van der Waals surface area contributed by atoms with Crippen molar-refractivity contribution < 1.29 is 39.0 Å². The molecule has 0 atom stereocenters. The SMILES string of the molecule is Cc1cc2oc(=O)cc(C[NH+]3CC[NH+](Cc4ccccc4)CC3)c2c(C)c1Cl.[Cl-].[Cl-]. The van der Waals surface area contributed by atoms with Gasteiger partial charge >= 0.3 is 5.63 Å². The molecule has 4 nitrogen and oxygen atoms in total. The number of hydrogen-bond acceptors (Lipinski definition) is 2. The van der Waals surface area contributed by atoms with Crippen LogP contribution in [0, 0.1) is 13.8 Å². The number of benzene rings is 2. The van der Waals surface area contributed by atoms with Crippen LogP contribution in [-0.2, 0) is 13.1 Å². The first-order valence-corrected chi connectivity index (χ1v) is 10.3. The zero-order chi connectivity index (χ0) is 19.7. The lowest BCUT2D eigenvalue weighted by Gasteiger charge is -2.30. The van der Waals surface area contributed by atoms with Gasteiger partial charge in [-0.2, -0.15) is 0 Å². The molecule has 0 unspecified atom stereocenters. The number of fused-ring (bicyclic) bond motifs is 1. The lowest BCUT2D eigenvalue weighted by atomic mass is 10.0. The van der Waals surface area contributed by atoms with E-state index in [1.165, 1.54) is 10.5 Å². The molecule has 1 fully saturated rings. The molecule has 0 spiro atoms. The van der Waals surface area contributed by atoms with Gasteiger partial charge in [0, 0.05) is 27.6 Å². The summed E-state index contributed by atoms with van der Waals surface area (Å²) < 4.78 is 5.46. The second-order valence-corrected chi connectivity index (χ2v) is 8.31. The minimum absolute atomic E-state index is 0. The predicted molar refractivity (Wildman–Crippen MR) is 112 cm³/mol. The Morgan fingerprint density at radius 3 is 2.17 bits per heavy atom. The molecule has 0 saturated carbocycles. The highest BCUT2D eigenvalue weighted by atomic mass is 35.5. The maximum Gasteiger partial charge on any atom is 0.336 e. The zero-order valence-corrected chi connectivity index (χ0v) is 19.5. The monoisotopic (exact) mass is 468 g/mol. The van der Waals surface area contributed by atoms with Crippen molar-refractivity contribution in [3.63, 3.8) is 0 Å². The van der Waals surface area contributed by atoms with E-state index in [0.717, 1.165) is 66.4 Å². The summed E-state index contributed by atoms with van der Waals surface area (Å²) in [5.74, 6) is 0. The van der Waals surface area contributed by atoms with Gasteiger partial charge in [0.2, 0.25) is 0 Å². The van der Waals surface area contributed by atoms with Crippen LogP contribution in [-0.4, -0.2) is 26.2 Å². The van der Waals surface area contributed by atoms with E-state index in [4.69, 9.17) is 16.0 Å². The van der Waals surface area contributed by atoms with Crippen LogP contribution in [0.2, 0.25) is 5.02 Å². The van der Waals surface area contributed by atoms with E-state index in [-0.39, 0.29) is 30.4 Å². The van der Waals surface area contributed by atoms with E-state index in [9.17, 15) is 4.79 Å². The number of hydrogen-bond donors (Lipinski definition) is 2. The average molecular weight is 470 g/mol. The lowest BCUT2D eigenvalue weighted by Crippen LogP contribution is -3.27. The van der Waals surface area contributed by atoms with Gasteiger partial charge in [0.15, 0.2) is 0 Å². The Hall–Kier alpha value is -1.56. The summed E-state index contributed by atoms with van der Waals surface area (Å²) in [6.07, 6.45) is 0. The van der Waals surface area contributed by atoms with E-state index in [1.54, 1.807) is 11.0 Å². The van der Waals surface area contributed by atoms with Crippen LogP contribution in [0.1, 0.15) is 22.3 Å². The molecule has 1 aliphatic rings. The van der Waals surface area contributed by atoms with Crippen molar-refractivity contribution in [2.75, 3.05) is 26.2 Å². The molecule has 2 heterocycles. The first-order valence-electron chi connectivity index (χ1n) is 9.95. The third kappa shape index (κ3) is 5.37. The average Bonchev–Trinajstić information content (AvgIpc) is 2.68. The number of aryl methyl sites for hydroxylation is 2. The zero-order valence-electron chi connectivity index (χ0n) is 17.2. The maximum absolute atomic E-state index is 12.1. The van der Waals surface area contributed by atoms with Crippen LogP contribution >= 0.6 is 11.6 Å². The number of quaternary nitrogens is 2. The first kappa shape index (κ1) is 24.7. The molecule has 1 aliphatic heterocycles. The fraction of sp³-hybridized carbons (Fsp3) is 0.348. The molecule has 2 N–H and O–H groups in total. The minimum atomic E-state index is -0.281. The van der Waals surface area contributed by atoms with Gasteiger partial charge in [0.1, 0.15) is 44.9 Å². The first-order chi connectivity index (χ1) is 13.5. The molecule has 162 valence electrons. The normalized spacial score (nSPS) is 18.5. The minimum Gasteiger partial charge on any atom is -1.00 e. The molecule has 1 saturated heterocycles. The highest BCUT2D eigenvalue weighted by Gasteiger charge is 2.24. The number of halogens is 3. The van der Waals surface area contributed by atoms with Crippen LogP contribution in [0.15, 0.2) is 51.7 Å². The molecule has 1 aromatic heterocycles. The molecule has 4 rings (SSSR count). The molecule has 7 heteroatoms. The Labute approximate surface area is 194 Å². The summed E-state index contributed by atoms with van der Waals surface area (Å²) in [6, 6.07) is 14.2. The van der Waals surface area contributed by atoms with Crippen molar-refractivity contribution in [1.82, 2.24) is 0 Å². The highest BCUT2D eigenvalue weighted by Crippen LogP contribution is 2.30. The fourth-order valence-electron chi connectivity index (χ4n) is 4.36. The predicted octanol–water partition coefficient (Wildman–Crippen LogP) is -4.45. The van der Waals surface area contributed by atoms with Crippen LogP contribution in [0.3, 0.4) is 0 Å². The molecule has 30 heavy (non-hydrogen) atoms. The second-order valence-electron chi connectivity index (χ2n) is 7.94. The highest BCUT2D eigenvalue weighted by molar-refractivity contribution is 6.33. The Balaban J connectivity index is 0.00000160. The van der Waals surface area contributed by atoms with Gasteiger partial charge in [-0.15, -0.1) is 0 Å². The van der Waals surface area contributed by atoms with E-state index < -0.39 is 0 Å². The van der Waals surface area contributed by atoms with Gasteiger partial charge < -0.3 is 39.0 Å². The largest absolute Gasteiger partial charge is 1.00 e. The van der Waals surface area contributed by atoms with E-state index in [2.05, 4.69) is 30.3 Å². The van der Waals surface area contributed by atoms with Gasteiger partial charge in [0.25, 0.3) is 0 Å². The second kappa shape index (κ2) is 10.7. The molecule has 0 amide bonds. The summed E-state index contributed by atoms with van der Waals surface area (Å²) in [5, 5.41) is 1.76. The third-order valence-corrected chi connectivity index (χ3v) is 6.45. The van der Waals surface area contributed by atoms with Crippen molar-refractivity contribution in [3.8, 4) is 0 Å². The molecule has 0 aliphatic carbocycles. The summed E-state index contributed by atoms with van der Waals surface area (Å²) in [5.41, 5.74) is 4.76. The van der Waals surface area contributed by atoms with Crippen molar-refractivity contribution >= 4 is 22.6 Å². The van der Waals surface area contributed by atoms with Gasteiger partial charge in [-0.1, -0.05) is 41.9 Å². The Morgan fingerprint density at radius 1 is 0.933 bits per heavy atom. The summed E-state index contributed by atoms with van der Waals surface area (Å²) >= 11 is 6.48. The molecule has 0 radical (unpaired) electrons. The van der Waals surface area contributed by atoms with Crippen molar-refractivity contribution in [3.05, 3.63) is 80.2 Å². The maximum atomic E-state index is 12.1. The molecule has 0 bridgehead atoms. The quantitative estimate of drug-likeness (QED) is 0.379. The summed E-state index contributed by atoms with van der Waals surface area (Å²) in [6.45, 7) is 10.4. The van der Waals surface area contributed by atoms with Crippen molar-refractivity contribution in [1.29, 1.82) is 0 Å². The number of piperazine rings is 1. The summed E-state index contributed by atoms with van der Waals surface area (Å²) in [4.78, 5) is 15.2. The van der Waals surface area contributed by atoms with Crippen LogP contribution in [0.25, 0.3) is 11.0 Å². The van der Waals surface area contributed by atoms with Crippen molar-refractivity contribution in [2.24, 2.45) is 0 Å². The topological polar surface area (TPSA) is 39.1 Å². The van der Waals surface area contributed by atoms with Gasteiger partial charge in [-0.3, -0.25) is 0 Å². The summed E-state index contributed by atoms with van der Waals surface area (Å²) in [7, 11) is 0. The van der Waals surface area contributed by atoms with E-state index in [1.807, 2.05) is 19.9 Å². The standard InChI is InChI=1S/C23H25ClN2O2.2ClH/c1-16-12-20-22(17(2)23(16)24)19(13-21(27)28-20)15-26-10-8-25(9-11-26)14-18-6-4-3-5-7-18;;/h3-7,12-13H,8-11,14-15H2,1-2H3;2*1H. The Morgan fingerprint density at radius 2 is 1.53 bits per heavy atom. The van der Waals surface area contributed by atoms with Gasteiger partial charge in [-0.05, 0) is 31.0 Å². The van der Waals surface area contributed by atoms with Gasteiger partial charge in [0.05, 0.1) is 0 Å². The third-order valence-electron chi connectivity index (χ3n) is 5.87. The Kier molecular flexibility index (Phi) is 8.77. The number of nitrogens with one attached hydrogen (secondary N) is 2. The van der Waals surface area contributed by atoms with Gasteiger partial charge in [-0.25, -0.2) is 4.79 Å².